The Labute approximate surface area is 126 Å². The van der Waals surface area contributed by atoms with Gasteiger partial charge in [0.2, 0.25) is 15.9 Å². The maximum Gasteiger partial charge on any atom is 0.243 e. The Morgan fingerprint density at radius 2 is 2.00 bits per heavy atom. The molecule has 1 rings (SSSR count). The highest BCUT2D eigenvalue weighted by molar-refractivity contribution is 7.89. The summed E-state index contributed by atoms with van der Waals surface area (Å²) >= 11 is 0. The van der Waals surface area contributed by atoms with Gasteiger partial charge in [-0.15, -0.1) is 0 Å². The van der Waals surface area contributed by atoms with Gasteiger partial charge in [-0.3, -0.25) is 4.79 Å². The number of anilines is 1. The van der Waals surface area contributed by atoms with Crippen LogP contribution in [-0.2, 0) is 14.8 Å². The fourth-order valence-electron chi connectivity index (χ4n) is 1.84. The largest absolute Gasteiger partial charge is 0.399 e. The smallest absolute Gasteiger partial charge is 0.243 e. The number of carbonyl (C=O) groups is 1. The van der Waals surface area contributed by atoms with Crippen molar-refractivity contribution in [1.82, 2.24) is 9.62 Å². The summed E-state index contributed by atoms with van der Waals surface area (Å²) in [4.78, 5) is 11.9. The standard InChI is InChI=1S/C14H23N3O3S/c1-3-8-16-14(18)11-17(9-4-2)21(19,20)13-7-5-6-12(15)10-13/h5-7,10H,3-4,8-9,11,15H2,1-2H3,(H,16,18). The summed E-state index contributed by atoms with van der Waals surface area (Å²) in [6.07, 6.45) is 1.43. The first-order valence-electron chi connectivity index (χ1n) is 7.04. The van der Waals surface area contributed by atoms with Crippen LogP contribution < -0.4 is 11.1 Å². The zero-order chi connectivity index (χ0) is 15.9. The number of nitrogens with one attached hydrogen (secondary N) is 1. The lowest BCUT2D eigenvalue weighted by Crippen LogP contribution is -2.41. The topological polar surface area (TPSA) is 92.5 Å². The molecule has 0 fully saturated rings. The first-order chi connectivity index (χ1) is 9.91. The van der Waals surface area contributed by atoms with Crippen LogP contribution in [0.2, 0.25) is 0 Å². The third-order valence-electron chi connectivity index (χ3n) is 2.86. The van der Waals surface area contributed by atoms with E-state index in [0.29, 0.717) is 18.7 Å². The number of sulfonamides is 1. The van der Waals surface area contributed by atoms with Gasteiger partial charge in [0.05, 0.1) is 11.4 Å². The molecule has 0 atom stereocenters. The van der Waals surface area contributed by atoms with Crippen molar-refractivity contribution in [3.05, 3.63) is 24.3 Å². The first kappa shape index (κ1) is 17.5. The van der Waals surface area contributed by atoms with Crippen LogP contribution in [0.1, 0.15) is 26.7 Å². The molecule has 118 valence electrons. The minimum Gasteiger partial charge on any atom is -0.399 e. The zero-order valence-corrected chi connectivity index (χ0v) is 13.3. The number of amides is 1. The molecule has 0 heterocycles. The second kappa shape index (κ2) is 7.99. The van der Waals surface area contributed by atoms with E-state index in [1.165, 1.54) is 16.4 Å². The maximum absolute atomic E-state index is 12.6. The molecular weight excluding hydrogens is 290 g/mol. The number of nitrogen functional groups attached to an aromatic ring is 1. The average molecular weight is 313 g/mol. The van der Waals surface area contributed by atoms with E-state index in [4.69, 9.17) is 5.73 Å². The molecule has 1 aromatic rings. The summed E-state index contributed by atoms with van der Waals surface area (Å²) in [5, 5.41) is 2.69. The molecule has 0 saturated carbocycles. The van der Waals surface area contributed by atoms with Crippen molar-refractivity contribution < 1.29 is 13.2 Å². The summed E-state index contributed by atoms with van der Waals surface area (Å²) < 4.78 is 26.3. The fourth-order valence-corrected chi connectivity index (χ4v) is 3.38. The van der Waals surface area contributed by atoms with E-state index in [2.05, 4.69) is 5.32 Å². The number of nitrogens with two attached hydrogens (primary N) is 1. The van der Waals surface area contributed by atoms with E-state index in [1.54, 1.807) is 12.1 Å². The minimum absolute atomic E-state index is 0.110. The van der Waals surface area contributed by atoms with Crippen molar-refractivity contribution in [3.63, 3.8) is 0 Å². The number of rotatable bonds is 8. The van der Waals surface area contributed by atoms with Crippen molar-refractivity contribution in [3.8, 4) is 0 Å². The Kier molecular flexibility index (Phi) is 6.64. The van der Waals surface area contributed by atoms with Crippen LogP contribution in [-0.4, -0.2) is 38.3 Å². The van der Waals surface area contributed by atoms with Crippen LogP contribution in [0.15, 0.2) is 29.2 Å². The van der Waals surface area contributed by atoms with Gasteiger partial charge in [0.15, 0.2) is 0 Å². The second-order valence-corrected chi connectivity index (χ2v) is 6.70. The van der Waals surface area contributed by atoms with Gasteiger partial charge in [-0.05, 0) is 31.0 Å². The molecule has 0 aliphatic heterocycles. The van der Waals surface area contributed by atoms with E-state index in [-0.39, 0.29) is 23.9 Å². The Morgan fingerprint density at radius 3 is 2.57 bits per heavy atom. The Balaban J connectivity index is 2.95. The van der Waals surface area contributed by atoms with Crippen LogP contribution in [0.3, 0.4) is 0 Å². The number of hydrogen-bond acceptors (Lipinski definition) is 4. The lowest BCUT2D eigenvalue weighted by molar-refractivity contribution is -0.121. The lowest BCUT2D eigenvalue weighted by Gasteiger charge is -2.21. The van der Waals surface area contributed by atoms with Gasteiger partial charge in [-0.2, -0.15) is 4.31 Å². The van der Waals surface area contributed by atoms with E-state index >= 15 is 0 Å². The van der Waals surface area contributed by atoms with Gasteiger partial charge < -0.3 is 11.1 Å². The zero-order valence-electron chi connectivity index (χ0n) is 12.5. The highest BCUT2D eigenvalue weighted by Gasteiger charge is 2.25. The van der Waals surface area contributed by atoms with Gasteiger partial charge in [-0.25, -0.2) is 8.42 Å². The van der Waals surface area contributed by atoms with Gasteiger partial charge >= 0.3 is 0 Å². The SMILES string of the molecule is CCCNC(=O)CN(CCC)S(=O)(=O)c1cccc(N)c1. The maximum atomic E-state index is 12.6. The Bertz CT molecular complexity index is 573. The monoisotopic (exact) mass is 313 g/mol. The summed E-state index contributed by atoms with van der Waals surface area (Å²) in [6.45, 7) is 4.46. The highest BCUT2D eigenvalue weighted by atomic mass is 32.2. The highest BCUT2D eigenvalue weighted by Crippen LogP contribution is 2.18. The molecule has 6 nitrogen and oxygen atoms in total. The normalized spacial score (nSPS) is 11.6. The third kappa shape index (κ3) is 5.02. The van der Waals surface area contributed by atoms with Gasteiger partial charge in [0, 0.05) is 18.8 Å². The molecule has 0 aromatic heterocycles. The predicted molar refractivity (Wildman–Crippen MR) is 83.2 cm³/mol. The quantitative estimate of drug-likeness (QED) is 0.705. The van der Waals surface area contributed by atoms with Crippen LogP contribution in [0.5, 0.6) is 0 Å². The molecule has 3 N–H and O–H groups in total. The molecule has 0 aliphatic rings. The van der Waals surface area contributed by atoms with Crippen LogP contribution >= 0.6 is 0 Å². The van der Waals surface area contributed by atoms with Crippen molar-refractivity contribution in [2.24, 2.45) is 0 Å². The molecule has 0 bridgehead atoms. The molecular formula is C14H23N3O3S. The number of hydrogen-bond donors (Lipinski definition) is 2. The fraction of sp³-hybridized carbons (Fsp3) is 0.500. The summed E-state index contributed by atoms with van der Waals surface area (Å²) in [7, 11) is -3.71. The molecule has 0 spiro atoms. The van der Waals surface area contributed by atoms with E-state index < -0.39 is 10.0 Å². The van der Waals surface area contributed by atoms with Gasteiger partial charge in [0.1, 0.15) is 0 Å². The van der Waals surface area contributed by atoms with Crippen molar-refractivity contribution in [2.45, 2.75) is 31.6 Å². The van der Waals surface area contributed by atoms with E-state index in [9.17, 15) is 13.2 Å². The summed E-state index contributed by atoms with van der Waals surface area (Å²) in [6, 6.07) is 6.10. The number of benzene rings is 1. The number of nitrogens with zero attached hydrogens (tertiary/aromatic N) is 1. The van der Waals surface area contributed by atoms with Gasteiger partial charge in [-0.1, -0.05) is 19.9 Å². The average Bonchev–Trinajstić information content (AvgIpc) is 2.44. The van der Waals surface area contributed by atoms with Crippen LogP contribution in [0.4, 0.5) is 5.69 Å². The molecule has 0 saturated heterocycles. The van der Waals surface area contributed by atoms with E-state index in [0.717, 1.165) is 6.42 Å². The molecule has 0 radical (unpaired) electrons. The molecule has 0 aliphatic carbocycles. The summed E-state index contributed by atoms with van der Waals surface area (Å²) in [5.74, 6) is -0.294. The molecule has 0 unspecified atom stereocenters. The van der Waals surface area contributed by atoms with Crippen LogP contribution in [0.25, 0.3) is 0 Å². The third-order valence-corrected chi connectivity index (χ3v) is 4.70. The number of carbonyl (C=O) groups excluding carboxylic acids is 1. The van der Waals surface area contributed by atoms with Crippen molar-refractivity contribution in [2.75, 3.05) is 25.4 Å². The Morgan fingerprint density at radius 1 is 1.29 bits per heavy atom. The minimum atomic E-state index is -3.71. The lowest BCUT2D eigenvalue weighted by atomic mass is 10.3. The van der Waals surface area contributed by atoms with E-state index in [1.807, 2.05) is 13.8 Å². The Hall–Kier alpha value is -1.60. The molecule has 1 amide bonds. The van der Waals surface area contributed by atoms with Crippen molar-refractivity contribution >= 4 is 21.6 Å². The first-order valence-corrected chi connectivity index (χ1v) is 8.48. The molecule has 7 heteroatoms. The summed E-state index contributed by atoms with van der Waals surface area (Å²) in [5.41, 5.74) is 6.01. The van der Waals surface area contributed by atoms with Crippen LogP contribution in [0, 0.1) is 0 Å². The predicted octanol–water partition coefficient (Wildman–Crippen LogP) is 1.20. The second-order valence-electron chi connectivity index (χ2n) is 4.76. The molecule has 1 aromatic carbocycles. The van der Waals surface area contributed by atoms with Gasteiger partial charge in [0.25, 0.3) is 0 Å². The molecule has 21 heavy (non-hydrogen) atoms. The van der Waals surface area contributed by atoms with Crippen molar-refractivity contribution in [1.29, 1.82) is 0 Å².